The maximum absolute atomic E-state index is 12.6. The Morgan fingerprint density at radius 3 is 2.42 bits per heavy atom. The number of aromatic nitrogens is 2. The highest BCUT2D eigenvalue weighted by molar-refractivity contribution is 5.62. The van der Waals surface area contributed by atoms with Crippen LogP contribution in [0.5, 0.6) is 0 Å². The highest BCUT2D eigenvalue weighted by Crippen LogP contribution is 2.34. The summed E-state index contributed by atoms with van der Waals surface area (Å²) in [4.78, 5) is 18.0. The molecule has 0 spiro atoms. The molecular weight excluding hydrogens is 327 g/mol. The fourth-order valence-corrected chi connectivity index (χ4v) is 1.91. The Balaban J connectivity index is 1.91. The molecule has 0 saturated carbocycles. The van der Waals surface area contributed by atoms with Gasteiger partial charge in [0.1, 0.15) is 5.69 Å². The van der Waals surface area contributed by atoms with Gasteiger partial charge in [0.2, 0.25) is 5.95 Å². The molecule has 0 amide bonds. The topological polar surface area (TPSA) is 93.0 Å². The Labute approximate surface area is 135 Å². The predicted molar refractivity (Wildman–Crippen MR) is 81.7 cm³/mol. The summed E-state index contributed by atoms with van der Waals surface area (Å²) < 4.78 is 37.8. The van der Waals surface area contributed by atoms with Crippen molar-refractivity contribution in [1.82, 2.24) is 9.97 Å². The first-order valence-electron chi connectivity index (χ1n) is 6.98. The molecule has 1 heterocycles. The molecule has 0 fully saturated rings. The summed E-state index contributed by atoms with van der Waals surface area (Å²) >= 11 is 0. The minimum Gasteiger partial charge on any atom is -0.379 e. The average Bonchev–Trinajstić information content (AvgIpc) is 2.54. The van der Waals surface area contributed by atoms with E-state index in [9.17, 15) is 23.3 Å². The van der Waals surface area contributed by atoms with Crippen LogP contribution in [0.25, 0.3) is 0 Å². The van der Waals surface area contributed by atoms with Crippen LogP contribution in [0.3, 0.4) is 0 Å². The lowest BCUT2D eigenvalue weighted by atomic mass is 10.1. The van der Waals surface area contributed by atoms with Gasteiger partial charge in [0.25, 0.3) is 5.69 Å². The Morgan fingerprint density at radius 2 is 1.79 bits per heavy atom. The molecule has 0 atom stereocenters. The maximum Gasteiger partial charge on any atom is 0.416 e. The number of nitrogens with zero attached hydrogens (tertiary/aromatic N) is 3. The summed E-state index contributed by atoms with van der Waals surface area (Å²) in [5, 5.41) is 16.7. The summed E-state index contributed by atoms with van der Waals surface area (Å²) in [6.07, 6.45) is -0.891. The first kappa shape index (κ1) is 17.4. The number of anilines is 2. The zero-order valence-electron chi connectivity index (χ0n) is 12.4. The van der Waals surface area contributed by atoms with Crippen LogP contribution in [0, 0.1) is 10.1 Å². The van der Waals surface area contributed by atoms with Crippen molar-refractivity contribution in [3.63, 3.8) is 0 Å². The molecule has 10 heteroatoms. The van der Waals surface area contributed by atoms with E-state index in [1.165, 1.54) is 0 Å². The fourth-order valence-electron chi connectivity index (χ4n) is 1.91. The molecule has 0 aliphatic carbocycles. The van der Waals surface area contributed by atoms with Gasteiger partial charge in [-0.2, -0.15) is 13.2 Å². The Kier molecular flexibility index (Phi) is 5.51. The minimum atomic E-state index is -4.62. The van der Waals surface area contributed by atoms with Crippen LogP contribution in [0.1, 0.15) is 12.0 Å². The maximum atomic E-state index is 12.6. The van der Waals surface area contributed by atoms with E-state index in [0.29, 0.717) is 31.5 Å². The fraction of sp³-hybridized carbons (Fsp3) is 0.286. The first-order chi connectivity index (χ1) is 11.4. The number of benzene rings is 1. The molecule has 0 bridgehead atoms. The molecule has 0 aliphatic rings. The van der Waals surface area contributed by atoms with Crippen LogP contribution in [-0.2, 0) is 6.18 Å². The molecule has 2 rings (SSSR count). The van der Waals surface area contributed by atoms with Crippen molar-refractivity contribution < 1.29 is 18.1 Å². The van der Waals surface area contributed by atoms with Gasteiger partial charge in [0.15, 0.2) is 0 Å². The van der Waals surface area contributed by atoms with E-state index in [2.05, 4.69) is 20.6 Å². The summed E-state index contributed by atoms with van der Waals surface area (Å²) in [7, 11) is 0. The molecule has 0 unspecified atom stereocenters. The number of alkyl halides is 3. The van der Waals surface area contributed by atoms with Crippen molar-refractivity contribution in [3.05, 3.63) is 52.3 Å². The predicted octanol–water partition coefficient (Wildman–Crippen LogP) is 3.32. The number of nitro groups is 1. The third-order valence-electron chi connectivity index (χ3n) is 3.04. The van der Waals surface area contributed by atoms with Crippen molar-refractivity contribution in [2.24, 2.45) is 0 Å². The number of nitro benzene ring substituents is 1. The zero-order chi connectivity index (χ0) is 17.6. The molecule has 2 N–H and O–H groups in total. The highest BCUT2D eigenvalue weighted by atomic mass is 19.4. The molecule has 0 radical (unpaired) electrons. The van der Waals surface area contributed by atoms with E-state index < -0.39 is 22.4 Å². The lowest BCUT2D eigenvalue weighted by molar-refractivity contribution is -0.384. The lowest BCUT2D eigenvalue weighted by Gasteiger charge is -2.10. The SMILES string of the molecule is O=[N+]([O-])c1cc(C(F)(F)F)ccc1NCCCNc1ncccn1. The molecule has 128 valence electrons. The lowest BCUT2D eigenvalue weighted by Crippen LogP contribution is -2.12. The van der Waals surface area contributed by atoms with Crippen LogP contribution in [-0.4, -0.2) is 28.0 Å². The van der Waals surface area contributed by atoms with Crippen LogP contribution in [0.2, 0.25) is 0 Å². The number of hydrogen-bond donors (Lipinski definition) is 2. The van der Waals surface area contributed by atoms with Gasteiger partial charge in [0, 0.05) is 31.5 Å². The van der Waals surface area contributed by atoms with Gasteiger partial charge in [-0.25, -0.2) is 9.97 Å². The number of halogens is 3. The Morgan fingerprint density at radius 1 is 1.12 bits per heavy atom. The van der Waals surface area contributed by atoms with Gasteiger partial charge < -0.3 is 10.6 Å². The van der Waals surface area contributed by atoms with E-state index in [1.807, 2.05) is 0 Å². The van der Waals surface area contributed by atoms with Gasteiger partial charge in [-0.1, -0.05) is 0 Å². The summed E-state index contributed by atoms with van der Waals surface area (Å²) in [6, 6.07) is 4.08. The second kappa shape index (κ2) is 7.57. The summed E-state index contributed by atoms with van der Waals surface area (Å²) in [5.74, 6) is 0.456. The summed E-state index contributed by atoms with van der Waals surface area (Å²) in [6.45, 7) is 0.845. The average molecular weight is 341 g/mol. The first-order valence-corrected chi connectivity index (χ1v) is 6.98. The second-order valence-corrected chi connectivity index (χ2v) is 4.77. The van der Waals surface area contributed by atoms with Crippen LogP contribution in [0.15, 0.2) is 36.7 Å². The van der Waals surface area contributed by atoms with E-state index in [-0.39, 0.29) is 5.69 Å². The molecule has 0 aliphatic heterocycles. The van der Waals surface area contributed by atoms with E-state index >= 15 is 0 Å². The molecule has 7 nitrogen and oxygen atoms in total. The highest BCUT2D eigenvalue weighted by Gasteiger charge is 2.32. The molecular formula is C14H14F3N5O2. The van der Waals surface area contributed by atoms with Gasteiger partial charge in [-0.15, -0.1) is 0 Å². The van der Waals surface area contributed by atoms with Crippen LogP contribution >= 0.6 is 0 Å². The van der Waals surface area contributed by atoms with Crippen molar-refractivity contribution in [1.29, 1.82) is 0 Å². The monoisotopic (exact) mass is 341 g/mol. The zero-order valence-corrected chi connectivity index (χ0v) is 12.4. The largest absolute Gasteiger partial charge is 0.416 e. The van der Waals surface area contributed by atoms with Crippen molar-refractivity contribution in [2.45, 2.75) is 12.6 Å². The third-order valence-corrected chi connectivity index (χ3v) is 3.04. The Bertz CT molecular complexity index is 695. The van der Waals surface area contributed by atoms with E-state index in [4.69, 9.17) is 0 Å². The van der Waals surface area contributed by atoms with Gasteiger partial charge >= 0.3 is 6.18 Å². The molecule has 1 aromatic heterocycles. The minimum absolute atomic E-state index is 0.0453. The smallest absolute Gasteiger partial charge is 0.379 e. The molecule has 0 saturated heterocycles. The van der Waals surface area contributed by atoms with Crippen molar-refractivity contribution in [2.75, 3.05) is 23.7 Å². The number of rotatable bonds is 7. The quantitative estimate of drug-likeness (QED) is 0.456. The molecule has 2 aromatic rings. The molecule has 24 heavy (non-hydrogen) atoms. The van der Waals surface area contributed by atoms with Gasteiger partial charge in [-0.05, 0) is 24.6 Å². The second-order valence-electron chi connectivity index (χ2n) is 4.77. The third kappa shape index (κ3) is 4.80. The standard InChI is InChI=1S/C14H14F3N5O2/c15-14(16,17)10-3-4-11(12(9-10)22(23)24)18-5-1-6-19-13-20-7-2-8-21-13/h2-4,7-9,18H,1,5-6H2,(H,19,20,21). The normalized spacial score (nSPS) is 11.1. The Hall–Kier alpha value is -2.91. The van der Waals surface area contributed by atoms with Crippen LogP contribution in [0.4, 0.5) is 30.5 Å². The van der Waals surface area contributed by atoms with E-state index in [1.54, 1.807) is 18.5 Å². The summed E-state index contributed by atoms with van der Waals surface area (Å²) in [5.41, 5.74) is -1.62. The molecule has 1 aromatic carbocycles. The van der Waals surface area contributed by atoms with E-state index in [0.717, 1.165) is 12.1 Å². The number of nitrogens with one attached hydrogen (secondary N) is 2. The van der Waals surface area contributed by atoms with Crippen LogP contribution < -0.4 is 10.6 Å². The van der Waals surface area contributed by atoms with Crippen molar-refractivity contribution in [3.8, 4) is 0 Å². The van der Waals surface area contributed by atoms with Crippen molar-refractivity contribution >= 4 is 17.3 Å². The van der Waals surface area contributed by atoms with Gasteiger partial charge in [-0.3, -0.25) is 10.1 Å². The van der Waals surface area contributed by atoms with Gasteiger partial charge in [0.05, 0.1) is 10.5 Å². The number of hydrogen-bond acceptors (Lipinski definition) is 6.